The number of aliphatic hydroxyl groups is 5. The predicted molar refractivity (Wildman–Crippen MR) is 338 cm³/mol. The standard InChI is InChI=1S/C70H119NO10/c1-4-7-10-13-16-19-22-24-26-28-29-30-31-32-33-34-35-36-38-40-43-46-49-52-55-58-65(75)81-68-67(77)66(76)64(59-72)80-70(68)79-60-61(62(73)56-53-50-47-44-41-21-18-15-12-9-6-3)71-69(78)63(74)57-54-51-48-45-42-39-37-27-25-23-20-17-14-11-8-5-2/h8,11,14,16-17,19-20,23-27,37,39,42,45,53,56,61-64,66-68,70,72-74,76-77H,4-7,9-10,12-13,15,18,21-22,28-36,38,40-41,43-44,46-52,54-55,57-60H2,1-3H3,(H,71,78)/b11-8-,17-14+,19-16-,23-20+,26-24-,27-25-,39-37+,45-42+,56-53+. The van der Waals surface area contributed by atoms with Gasteiger partial charge in [-0.25, -0.2) is 0 Å². The molecule has 1 heterocycles. The van der Waals surface area contributed by atoms with Crippen LogP contribution in [-0.4, -0.2) is 99.6 Å². The molecule has 11 heteroatoms. The van der Waals surface area contributed by atoms with E-state index in [1.54, 1.807) is 6.08 Å². The van der Waals surface area contributed by atoms with Gasteiger partial charge in [0.05, 0.1) is 25.4 Å². The zero-order chi connectivity index (χ0) is 58.9. The fourth-order valence-electron chi connectivity index (χ4n) is 9.65. The Morgan fingerprint density at radius 1 is 0.506 bits per heavy atom. The quantitative estimate of drug-likeness (QED) is 0.0149. The van der Waals surface area contributed by atoms with Gasteiger partial charge in [0.25, 0.3) is 0 Å². The average Bonchev–Trinajstić information content (AvgIpc) is 3.50. The van der Waals surface area contributed by atoms with Crippen molar-refractivity contribution in [1.29, 1.82) is 0 Å². The van der Waals surface area contributed by atoms with Gasteiger partial charge in [-0.1, -0.05) is 284 Å². The van der Waals surface area contributed by atoms with E-state index in [0.717, 1.165) is 70.6 Å². The van der Waals surface area contributed by atoms with Crippen molar-refractivity contribution in [2.45, 2.75) is 307 Å². The van der Waals surface area contributed by atoms with Gasteiger partial charge in [-0.15, -0.1) is 0 Å². The number of amides is 1. The van der Waals surface area contributed by atoms with Crippen LogP contribution in [0.2, 0.25) is 0 Å². The SMILES string of the molecule is CC\C=C/C=C/C=C/C=C\C=C\C=C\CCCCC(O)C(=O)NC(COC1OC(CO)C(O)C(O)C1OC(=O)CCCCCCCCCCCCCCCCC/C=C\C/C=C\CCCCC)C(O)/C=C/CCCCCCCCCCC. The molecule has 11 nitrogen and oxygen atoms in total. The summed E-state index contributed by atoms with van der Waals surface area (Å²) in [6.07, 6.45) is 67.1. The van der Waals surface area contributed by atoms with Gasteiger partial charge in [0.1, 0.15) is 24.4 Å². The Bertz CT molecular complexity index is 1730. The number of hydrogen-bond acceptors (Lipinski definition) is 10. The summed E-state index contributed by atoms with van der Waals surface area (Å²) in [4.78, 5) is 26.6. The minimum Gasteiger partial charge on any atom is -0.454 e. The molecule has 0 aromatic carbocycles. The Balaban J connectivity index is 2.61. The lowest BCUT2D eigenvalue weighted by molar-refractivity contribution is -0.305. The van der Waals surface area contributed by atoms with Gasteiger partial charge in [0.15, 0.2) is 12.4 Å². The zero-order valence-corrected chi connectivity index (χ0v) is 51.4. The number of nitrogens with one attached hydrogen (secondary N) is 1. The maximum atomic E-state index is 13.4. The lowest BCUT2D eigenvalue weighted by atomic mass is 9.99. The molecule has 0 bridgehead atoms. The molecule has 1 aliphatic rings. The Morgan fingerprint density at radius 3 is 1.46 bits per heavy atom. The third kappa shape index (κ3) is 44.5. The molecule has 0 radical (unpaired) electrons. The lowest BCUT2D eigenvalue weighted by Gasteiger charge is -2.41. The van der Waals surface area contributed by atoms with E-state index in [-0.39, 0.29) is 19.4 Å². The molecule has 464 valence electrons. The first-order valence-electron chi connectivity index (χ1n) is 32.7. The second-order valence-corrected chi connectivity index (χ2v) is 22.3. The highest BCUT2D eigenvalue weighted by Crippen LogP contribution is 2.26. The molecule has 8 unspecified atom stereocenters. The molecule has 1 saturated heterocycles. The molecule has 1 amide bonds. The normalized spacial score (nSPS) is 19.4. The Hall–Kier alpha value is -3.68. The molecule has 8 atom stereocenters. The van der Waals surface area contributed by atoms with Crippen molar-refractivity contribution >= 4 is 11.9 Å². The van der Waals surface area contributed by atoms with Crippen LogP contribution in [0.25, 0.3) is 0 Å². The summed E-state index contributed by atoms with van der Waals surface area (Å²) in [5.41, 5.74) is 0. The summed E-state index contributed by atoms with van der Waals surface area (Å²) < 4.78 is 17.6. The highest BCUT2D eigenvalue weighted by molar-refractivity contribution is 5.80. The van der Waals surface area contributed by atoms with Gasteiger partial charge in [0, 0.05) is 6.42 Å². The van der Waals surface area contributed by atoms with Crippen LogP contribution in [0.5, 0.6) is 0 Å². The molecule has 0 aromatic heterocycles. The monoisotopic (exact) mass is 1130 g/mol. The van der Waals surface area contributed by atoms with Gasteiger partial charge in [-0.3, -0.25) is 9.59 Å². The zero-order valence-electron chi connectivity index (χ0n) is 51.4. The van der Waals surface area contributed by atoms with Crippen molar-refractivity contribution in [2.24, 2.45) is 0 Å². The number of ether oxygens (including phenoxy) is 3. The highest BCUT2D eigenvalue weighted by Gasteiger charge is 2.47. The van der Waals surface area contributed by atoms with Gasteiger partial charge in [0.2, 0.25) is 5.91 Å². The topological polar surface area (TPSA) is 175 Å². The van der Waals surface area contributed by atoms with Crippen molar-refractivity contribution in [3.63, 3.8) is 0 Å². The minimum atomic E-state index is -1.63. The molecule has 6 N–H and O–H groups in total. The summed E-state index contributed by atoms with van der Waals surface area (Å²) in [6, 6.07) is -1.05. The molecule has 0 spiro atoms. The van der Waals surface area contributed by atoms with Crippen molar-refractivity contribution in [2.75, 3.05) is 13.2 Å². The molecule has 1 rings (SSSR count). The maximum absolute atomic E-state index is 13.4. The Labute approximate surface area is 494 Å². The number of hydrogen-bond donors (Lipinski definition) is 6. The van der Waals surface area contributed by atoms with Crippen LogP contribution in [0.3, 0.4) is 0 Å². The van der Waals surface area contributed by atoms with E-state index in [4.69, 9.17) is 14.2 Å². The Morgan fingerprint density at radius 2 is 0.938 bits per heavy atom. The summed E-state index contributed by atoms with van der Waals surface area (Å²) >= 11 is 0. The van der Waals surface area contributed by atoms with E-state index in [2.05, 4.69) is 56.5 Å². The highest BCUT2D eigenvalue weighted by atomic mass is 16.7. The van der Waals surface area contributed by atoms with Crippen LogP contribution >= 0.6 is 0 Å². The van der Waals surface area contributed by atoms with Gasteiger partial charge >= 0.3 is 5.97 Å². The van der Waals surface area contributed by atoms with Crippen LogP contribution in [0, 0.1) is 0 Å². The predicted octanol–water partition coefficient (Wildman–Crippen LogP) is 16.1. The molecule has 0 aliphatic carbocycles. The minimum absolute atomic E-state index is 0.113. The van der Waals surface area contributed by atoms with E-state index < -0.39 is 67.4 Å². The van der Waals surface area contributed by atoms with Gasteiger partial charge in [-0.2, -0.15) is 0 Å². The molecule has 1 fully saturated rings. The summed E-state index contributed by atoms with van der Waals surface area (Å²) in [6.45, 7) is 5.59. The first-order chi connectivity index (χ1) is 39.7. The van der Waals surface area contributed by atoms with Crippen LogP contribution in [-0.2, 0) is 23.8 Å². The van der Waals surface area contributed by atoms with Crippen LogP contribution in [0.4, 0.5) is 0 Å². The first-order valence-corrected chi connectivity index (χ1v) is 32.7. The van der Waals surface area contributed by atoms with Gasteiger partial charge in [-0.05, 0) is 77.0 Å². The summed E-state index contributed by atoms with van der Waals surface area (Å²) in [5, 5.41) is 57.0. The van der Waals surface area contributed by atoms with E-state index in [0.29, 0.717) is 12.8 Å². The van der Waals surface area contributed by atoms with Crippen LogP contribution < -0.4 is 5.32 Å². The smallest absolute Gasteiger partial charge is 0.306 e. The van der Waals surface area contributed by atoms with Crippen LogP contribution in [0.1, 0.15) is 258 Å². The number of aliphatic hydroxyl groups excluding tert-OH is 5. The summed E-state index contributed by atoms with van der Waals surface area (Å²) in [5.74, 6) is -1.24. The molecule has 0 saturated carbocycles. The van der Waals surface area contributed by atoms with Gasteiger partial charge < -0.3 is 45.1 Å². The van der Waals surface area contributed by atoms with Crippen molar-refractivity contribution in [3.05, 3.63) is 109 Å². The van der Waals surface area contributed by atoms with E-state index in [1.807, 2.05) is 72.9 Å². The van der Waals surface area contributed by atoms with E-state index >= 15 is 0 Å². The first kappa shape index (κ1) is 75.3. The molecule has 81 heavy (non-hydrogen) atoms. The number of allylic oxidation sites excluding steroid dienone is 17. The second-order valence-electron chi connectivity index (χ2n) is 22.3. The average molecular weight is 1130 g/mol. The third-order valence-electron chi connectivity index (χ3n) is 14.8. The van der Waals surface area contributed by atoms with E-state index in [9.17, 15) is 35.1 Å². The fraction of sp³-hybridized carbons (Fsp3) is 0.714. The summed E-state index contributed by atoms with van der Waals surface area (Å²) in [7, 11) is 0. The molecule has 1 aliphatic heterocycles. The van der Waals surface area contributed by atoms with Crippen molar-refractivity contribution in [1.82, 2.24) is 5.32 Å². The Kier molecular flexibility index (Phi) is 52.8. The number of unbranched alkanes of at least 4 members (excludes halogenated alkanes) is 29. The maximum Gasteiger partial charge on any atom is 0.306 e. The number of carbonyl (C=O) groups is 2. The molecular formula is C70H119NO10. The number of esters is 1. The molecular weight excluding hydrogens is 1010 g/mol. The fourth-order valence-corrected chi connectivity index (χ4v) is 9.65. The van der Waals surface area contributed by atoms with Crippen molar-refractivity contribution in [3.8, 4) is 0 Å². The third-order valence-corrected chi connectivity index (χ3v) is 14.8. The molecule has 0 aromatic rings. The number of carbonyl (C=O) groups excluding carboxylic acids is 2. The largest absolute Gasteiger partial charge is 0.454 e. The second kappa shape index (κ2) is 56.8. The van der Waals surface area contributed by atoms with Crippen LogP contribution in [0.15, 0.2) is 109 Å². The lowest BCUT2D eigenvalue weighted by Crippen LogP contribution is -2.61. The number of rotatable bonds is 54. The van der Waals surface area contributed by atoms with E-state index in [1.165, 1.54) is 141 Å². The van der Waals surface area contributed by atoms with Crippen molar-refractivity contribution < 1.29 is 49.3 Å².